The summed E-state index contributed by atoms with van der Waals surface area (Å²) in [5, 5.41) is 11.3. The molecule has 0 spiro atoms. The highest BCUT2D eigenvalue weighted by Gasteiger charge is 2.44. The van der Waals surface area contributed by atoms with Crippen molar-refractivity contribution < 1.29 is 4.79 Å². The Bertz CT molecular complexity index is 988. The van der Waals surface area contributed by atoms with Crippen molar-refractivity contribution in [2.75, 3.05) is 20.1 Å². The fraction of sp³-hybridized carbons (Fsp3) is 0.333. The zero-order valence-corrected chi connectivity index (χ0v) is 14.5. The van der Waals surface area contributed by atoms with Crippen LogP contribution in [-0.4, -0.2) is 50.5 Å². The molecule has 1 aromatic carbocycles. The van der Waals surface area contributed by atoms with Crippen LogP contribution < -0.4 is 10.9 Å². The molecule has 3 aromatic rings. The fourth-order valence-corrected chi connectivity index (χ4v) is 3.65. The first-order valence-corrected chi connectivity index (χ1v) is 8.55. The highest BCUT2D eigenvalue weighted by molar-refractivity contribution is 5.89. The number of aromatic amines is 1. The van der Waals surface area contributed by atoms with Gasteiger partial charge in [-0.3, -0.25) is 14.0 Å². The van der Waals surface area contributed by atoms with Gasteiger partial charge in [-0.05, 0) is 18.5 Å². The molecule has 1 aliphatic rings. The van der Waals surface area contributed by atoms with Crippen LogP contribution in [0.5, 0.6) is 0 Å². The molecule has 8 nitrogen and oxygen atoms in total. The van der Waals surface area contributed by atoms with Crippen molar-refractivity contribution in [1.29, 1.82) is 0 Å². The Morgan fingerprint density at radius 1 is 1.31 bits per heavy atom. The van der Waals surface area contributed by atoms with Crippen molar-refractivity contribution in [3.63, 3.8) is 0 Å². The van der Waals surface area contributed by atoms with Gasteiger partial charge in [0.25, 0.3) is 5.56 Å². The molecule has 1 fully saturated rings. The highest BCUT2D eigenvalue weighted by atomic mass is 16.2. The second-order valence-corrected chi connectivity index (χ2v) is 6.64. The van der Waals surface area contributed by atoms with Crippen molar-refractivity contribution in [2.24, 2.45) is 0 Å². The first-order valence-electron chi connectivity index (χ1n) is 8.55. The van der Waals surface area contributed by atoms with E-state index in [9.17, 15) is 9.59 Å². The van der Waals surface area contributed by atoms with Gasteiger partial charge in [0, 0.05) is 26.0 Å². The highest BCUT2D eigenvalue weighted by Crippen LogP contribution is 2.33. The minimum atomic E-state index is -0.575. The van der Waals surface area contributed by atoms with E-state index in [0.29, 0.717) is 12.4 Å². The summed E-state index contributed by atoms with van der Waals surface area (Å²) in [4.78, 5) is 29.4. The van der Waals surface area contributed by atoms with Gasteiger partial charge in [-0.1, -0.05) is 30.3 Å². The Morgan fingerprint density at radius 2 is 2.12 bits per heavy atom. The summed E-state index contributed by atoms with van der Waals surface area (Å²) >= 11 is 0. The van der Waals surface area contributed by atoms with Gasteiger partial charge < -0.3 is 15.2 Å². The Hall–Kier alpha value is -3.00. The maximum absolute atomic E-state index is 13.4. The fourth-order valence-electron chi connectivity index (χ4n) is 3.65. The van der Waals surface area contributed by atoms with Crippen LogP contribution in [0.3, 0.4) is 0 Å². The van der Waals surface area contributed by atoms with Crippen LogP contribution in [0.15, 0.2) is 47.5 Å². The van der Waals surface area contributed by atoms with Crippen LogP contribution in [-0.2, 0) is 16.8 Å². The van der Waals surface area contributed by atoms with Crippen molar-refractivity contribution in [1.82, 2.24) is 29.8 Å². The zero-order valence-electron chi connectivity index (χ0n) is 14.5. The van der Waals surface area contributed by atoms with Gasteiger partial charge in [0.2, 0.25) is 11.6 Å². The monoisotopic (exact) mass is 352 g/mol. The average molecular weight is 352 g/mol. The lowest BCUT2D eigenvalue weighted by Crippen LogP contribution is -2.46. The quantitative estimate of drug-likeness (QED) is 0.704. The molecule has 4 rings (SSSR count). The molecule has 0 saturated carbocycles. The number of rotatable bonds is 4. The SMILES string of the molecule is CN(Cc1nnc2c(=O)[nH]ccn12)C(=O)C1(c2ccccc2)CCNC1. The number of aromatic nitrogens is 4. The van der Waals surface area contributed by atoms with Gasteiger partial charge in [-0.25, -0.2) is 0 Å². The van der Waals surface area contributed by atoms with E-state index in [0.717, 1.165) is 18.5 Å². The molecule has 0 bridgehead atoms. The molecule has 2 aromatic heterocycles. The Balaban J connectivity index is 1.64. The molecule has 1 saturated heterocycles. The minimum Gasteiger partial charge on any atom is -0.337 e. The summed E-state index contributed by atoms with van der Waals surface area (Å²) in [6, 6.07) is 9.88. The number of nitrogens with one attached hydrogen (secondary N) is 2. The van der Waals surface area contributed by atoms with E-state index in [1.165, 1.54) is 6.20 Å². The van der Waals surface area contributed by atoms with E-state index < -0.39 is 5.41 Å². The maximum Gasteiger partial charge on any atom is 0.293 e. The first-order chi connectivity index (χ1) is 12.6. The summed E-state index contributed by atoms with van der Waals surface area (Å²) in [6.07, 6.45) is 3.98. The largest absolute Gasteiger partial charge is 0.337 e. The number of hydrogen-bond donors (Lipinski definition) is 2. The van der Waals surface area contributed by atoms with Crippen molar-refractivity contribution in [3.8, 4) is 0 Å². The third kappa shape index (κ3) is 2.59. The molecule has 3 heterocycles. The predicted molar refractivity (Wildman–Crippen MR) is 95.7 cm³/mol. The number of likely N-dealkylation sites (N-methyl/N-ethyl adjacent to an activating group) is 1. The van der Waals surface area contributed by atoms with E-state index in [-0.39, 0.29) is 23.7 Å². The van der Waals surface area contributed by atoms with Gasteiger partial charge in [0.15, 0.2) is 5.82 Å². The molecule has 1 aliphatic heterocycles. The van der Waals surface area contributed by atoms with Crippen molar-refractivity contribution in [2.45, 2.75) is 18.4 Å². The van der Waals surface area contributed by atoms with E-state index in [4.69, 9.17) is 0 Å². The molecule has 1 amide bonds. The Morgan fingerprint density at radius 3 is 2.85 bits per heavy atom. The number of carbonyl (C=O) groups is 1. The standard InChI is InChI=1S/C18H20N6O2/c1-23(11-14-21-22-15-16(25)20-9-10-24(14)15)17(26)18(7-8-19-12-18)13-5-3-2-4-6-13/h2-6,9-10,19H,7-8,11-12H2,1H3,(H,20,25). The molecule has 2 N–H and O–H groups in total. The van der Waals surface area contributed by atoms with E-state index in [1.807, 2.05) is 30.3 Å². The summed E-state index contributed by atoms with van der Waals surface area (Å²) in [5.41, 5.74) is 0.363. The van der Waals surface area contributed by atoms with Crippen LogP contribution in [0.1, 0.15) is 17.8 Å². The molecular formula is C18H20N6O2. The lowest BCUT2D eigenvalue weighted by atomic mass is 9.78. The van der Waals surface area contributed by atoms with Crippen LogP contribution in [0, 0.1) is 0 Å². The lowest BCUT2D eigenvalue weighted by molar-refractivity contribution is -0.136. The predicted octanol–water partition coefficient (Wildman–Crippen LogP) is 0.307. The lowest BCUT2D eigenvalue weighted by Gasteiger charge is -2.32. The Labute approximate surface area is 149 Å². The summed E-state index contributed by atoms with van der Waals surface area (Å²) < 4.78 is 1.62. The van der Waals surface area contributed by atoms with E-state index in [1.54, 1.807) is 22.5 Å². The molecular weight excluding hydrogens is 332 g/mol. The van der Waals surface area contributed by atoms with Crippen LogP contribution in [0.25, 0.3) is 5.65 Å². The molecule has 0 aliphatic carbocycles. The smallest absolute Gasteiger partial charge is 0.293 e. The topological polar surface area (TPSA) is 95.4 Å². The minimum absolute atomic E-state index is 0.0373. The maximum atomic E-state index is 13.4. The number of carbonyl (C=O) groups excluding carboxylic acids is 1. The summed E-state index contributed by atoms with van der Waals surface area (Å²) in [5.74, 6) is 0.589. The number of hydrogen-bond acceptors (Lipinski definition) is 5. The van der Waals surface area contributed by atoms with Gasteiger partial charge in [0.05, 0.1) is 12.0 Å². The summed E-state index contributed by atoms with van der Waals surface area (Å²) in [7, 11) is 1.76. The van der Waals surface area contributed by atoms with Crippen molar-refractivity contribution >= 4 is 11.6 Å². The molecule has 0 radical (unpaired) electrons. The van der Waals surface area contributed by atoms with Gasteiger partial charge in [-0.2, -0.15) is 0 Å². The normalized spacial score (nSPS) is 19.7. The Kier molecular flexibility index (Phi) is 4.04. The van der Waals surface area contributed by atoms with Crippen LogP contribution in [0.2, 0.25) is 0 Å². The molecule has 1 atom stereocenters. The van der Waals surface area contributed by atoms with Crippen molar-refractivity contribution in [3.05, 3.63) is 64.5 Å². The van der Waals surface area contributed by atoms with Gasteiger partial charge in [-0.15, -0.1) is 10.2 Å². The van der Waals surface area contributed by atoms with Crippen LogP contribution in [0.4, 0.5) is 0 Å². The van der Waals surface area contributed by atoms with Crippen LogP contribution >= 0.6 is 0 Å². The van der Waals surface area contributed by atoms with E-state index >= 15 is 0 Å². The zero-order chi connectivity index (χ0) is 18.1. The number of fused-ring (bicyclic) bond motifs is 1. The van der Waals surface area contributed by atoms with Gasteiger partial charge >= 0.3 is 0 Å². The number of amides is 1. The molecule has 1 unspecified atom stereocenters. The van der Waals surface area contributed by atoms with Gasteiger partial charge in [0.1, 0.15) is 0 Å². The number of H-pyrrole nitrogens is 1. The molecule has 134 valence electrons. The third-order valence-electron chi connectivity index (χ3n) is 5.02. The first kappa shape index (κ1) is 16.5. The average Bonchev–Trinajstić information content (AvgIpc) is 3.31. The number of nitrogens with zero attached hydrogens (tertiary/aromatic N) is 4. The summed E-state index contributed by atoms with van der Waals surface area (Å²) in [6.45, 7) is 1.69. The van der Waals surface area contributed by atoms with E-state index in [2.05, 4.69) is 20.5 Å². The third-order valence-corrected chi connectivity index (χ3v) is 5.02. The number of benzene rings is 1. The second-order valence-electron chi connectivity index (χ2n) is 6.64. The molecule has 26 heavy (non-hydrogen) atoms. The molecule has 8 heteroatoms. The second kappa shape index (κ2) is 6.38.